The molecule has 0 amide bonds. The van der Waals surface area contributed by atoms with Gasteiger partial charge in [0.25, 0.3) is 0 Å². The Morgan fingerprint density at radius 3 is 2.83 bits per heavy atom. The first-order valence-electron chi connectivity index (χ1n) is 7.82. The molecule has 2 aromatic rings. The van der Waals surface area contributed by atoms with Gasteiger partial charge in [-0.2, -0.15) is 5.10 Å². The second-order valence-electron chi connectivity index (χ2n) is 5.67. The summed E-state index contributed by atoms with van der Waals surface area (Å²) in [5, 5.41) is 14.4. The molecular formula is C15H23N7O. The molecule has 8 nitrogen and oxygen atoms in total. The number of rotatable bonds is 4. The van der Waals surface area contributed by atoms with Gasteiger partial charge in [-0.1, -0.05) is 5.16 Å². The Labute approximate surface area is 135 Å². The molecule has 0 aliphatic carbocycles. The minimum absolute atomic E-state index is 0.730. The summed E-state index contributed by atoms with van der Waals surface area (Å²) < 4.78 is 4.89. The molecule has 1 fully saturated rings. The largest absolute Gasteiger partial charge is 0.364 e. The van der Waals surface area contributed by atoms with Gasteiger partial charge in [-0.3, -0.25) is 15.0 Å². The van der Waals surface area contributed by atoms with E-state index in [-0.39, 0.29) is 0 Å². The molecule has 0 bridgehead atoms. The Bertz CT molecular complexity index is 626. The highest BCUT2D eigenvalue weighted by molar-refractivity contribution is 5.80. The van der Waals surface area contributed by atoms with Crippen LogP contribution in [-0.4, -0.2) is 64.3 Å². The van der Waals surface area contributed by atoms with Crippen molar-refractivity contribution < 1.29 is 4.52 Å². The summed E-state index contributed by atoms with van der Waals surface area (Å²) in [6, 6.07) is 1.92. The van der Waals surface area contributed by atoms with Gasteiger partial charge in [0.15, 0.2) is 5.96 Å². The quantitative estimate of drug-likeness (QED) is 0.634. The number of nitrogens with zero attached hydrogens (tertiary/aromatic N) is 5. The third-order valence-corrected chi connectivity index (χ3v) is 4.13. The van der Waals surface area contributed by atoms with E-state index in [1.165, 1.54) is 0 Å². The Kier molecular flexibility index (Phi) is 4.92. The van der Waals surface area contributed by atoms with Crippen molar-refractivity contribution in [3.63, 3.8) is 0 Å². The second kappa shape index (κ2) is 7.28. The molecule has 0 saturated carbocycles. The van der Waals surface area contributed by atoms with E-state index >= 15 is 0 Å². The molecule has 1 aliphatic rings. The number of aryl methyl sites for hydroxylation is 1. The normalized spacial score (nSPS) is 16.8. The molecular weight excluding hydrogens is 294 g/mol. The standard InChI is InChI=1S/C15H23N7O/c1-12-13(10-18-19-12)9-17-15(16-2)22-6-4-21(5-7-22)11-14-3-8-23-20-14/h3,8,10H,4-7,9,11H2,1-2H3,(H,16,17)(H,18,19). The van der Waals surface area contributed by atoms with Gasteiger partial charge in [-0.25, -0.2) is 0 Å². The lowest BCUT2D eigenvalue weighted by atomic mass is 10.2. The van der Waals surface area contributed by atoms with Crippen LogP contribution in [0.1, 0.15) is 17.0 Å². The van der Waals surface area contributed by atoms with E-state index in [1.807, 2.05) is 26.2 Å². The van der Waals surface area contributed by atoms with E-state index < -0.39 is 0 Å². The van der Waals surface area contributed by atoms with Crippen LogP contribution in [-0.2, 0) is 13.1 Å². The Morgan fingerprint density at radius 2 is 2.22 bits per heavy atom. The molecule has 8 heteroatoms. The predicted octanol–water partition coefficient (Wildman–Crippen LogP) is 0.599. The maximum absolute atomic E-state index is 4.89. The summed E-state index contributed by atoms with van der Waals surface area (Å²) in [7, 11) is 1.83. The summed E-state index contributed by atoms with van der Waals surface area (Å²) in [6.07, 6.45) is 3.47. The molecule has 1 aliphatic heterocycles. The zero-order chi connectivity index (χ0) is 16.1. The predicted molar refractivity (Wildman–Crippen MR) is 86.9 cm³/mol. The molecule has 23 heavy (non-hydrogen) atoms. The average molecular weight is 317 g/mol. The third-order valence-electron chi connectivity index (χ3n) is 4.13. The number of nitrogens with one attached hydrogen (secondary N) is 2. The van der Waals surface area contributed by atoms with Gasteiger partial charge in [0.1, 0.15) is 6.26 Å². The SMILES string of the molecule is CN=C(NCc1cn[nH]c1C)N1CCN(Cc2ccon2)CC1. The van der Waals surface area contributed by atoms with Gasteiger partial charge in [-0.15, -0.1) is 0 Å². The summed E-state index contributed by atoms with van der Waals surface area (Å²) in [5.74, 6) is 0.937. The van der Waals surface area contributed by atoms with Gasteiger partial charge in [0, 0.05) is 63.6 Å². The summed E-state index contributed by atoms with van der Waals surface area (Å²) in [5.41, 5.74) is 3.23. The maximum atomic E-state index is 4.89. The molecule has 0 radical (unpaired) electrons. The minimum Gasteiger partial charge on any atom is -0.364 e. The number of H-pyrrole nitrogens is 1. The molecule has 0 spiro atoms. The summed E-state index contributed by atoms with van der Waals surface area (Å²) in [6.45, 7) is 7.45. The smallest absolute Gasteiger partial charge is 0.194 e. The summed E-state index contributed by atoms with van der Waals surface area (Å²) >= 11 is 0. The molecule has 0 aromatic carbocycles. The fourth-order valence-electron chi connectivity index (χ4n) is 2.73. The molecule has 3 heterocycles. The van der Waals surface area contributed by atoms with Crippen LogP contribution in [0.2, 0.25) is 0 Å². The lowest BCUT2D eigenvalue weighted by molar-refractivity contribution is 0.169. The fraction of sp³-hybridized carbons (Fsp3) is 0.533. The fourth-order valence-corrected chi connectivity index (χ4v) is 2.73. The van der Waals surface area contributed by atoms with Crippen LogP contribution in [0.5, 0.6) is 0 Å². The number of hydrogen-bond donors (Lipinski definition) is 2. The first kappa shape index (κ1) is 15.5. The molecule has 2 N–H and O–H groups in total. The second-order valence-corrected chi connectivity index (χ2v) is 5.67. The van der Waals surface area contributed by atoms with Crippen molar-refractivity contribution in [1.82, 2.24) is 30.5 Å². The highest BCUT2D eigenvalue weighted by Gasteiger charge is 2.20. The van der Waals surface area contributed by atoms with E-state index in [0.29, 0.717) is 0 Å². The molecule has 124 valence electrons. The average Bonchev–Trinajstić information content (AvgIpc) is 3.21. The number of guanidine groups is 1. The number of aromatic nitrogens is 3. The topological polar surface area (TPSA) is 85.6 Å². The molecule has 1 saturated heterocycles. The lowest BCUT2D eigenvalue weighted by Crippen LogP contribution is -2.52. The van der Waals surface area contributed by atoms with Gasteiger partial charge in [0.2, 0.25) is 0 Å². The third kappa shape index (κ3) is 3.89. The van der Waals surface area contributed by atoms with Crippen molar-refractivity contribution in [2.45, 2.75) is 20.0 Å². The van der Waals surface area contributed by atoms with E-state index in [4.69, 9.17) is 4.52 Å². The zero-order valence-corrected chi connectivity index (χ0v) is 13.6. The first-order chi connectivity index (χ1) is 11.3. The number of aromatic amines is 1. The number of hydrogen-bond acceptors (Lipinski definition) is 5. The van der Waals surface area contributed by atoms with Crippen LogP contribution in [0.25, 0.3) is 0 Å². The van der Waals surface area contributed by atoms with Crippen LogP contribution >= 0.6 is 0 Å². The highest BCUT2D eigenvalue weighted by Crippen LogP contribution is 2.08. The van der Waals surface area contributed by atoms with Crippen LogP contribution in [0, 0.1) is 6.92 Å². The zero-order valence-electron chi connectivity index (χ0n) is 13.6. The monoisotopic (exact) mass is 317 g/mol. The number of piperazine rings is 1. The molecule has 2 aromatic heterocycles. The lowest BCUT2D eigenvalue weighted by Gasteiger charge is -2.36. The van der Waals surface area contributed by atoms with Crippen LogP contribution in [0.15, 0.2) is 28.0 Å². The summed E-state index contributed by atoms with van der Waals surface area (Å²) in [4.78, 5) is 9.06. The van der Waals surface area contributed by atoms with Gasteiger partial charge in [0.05, 0.1) is 11.9 Å². The van der Waals surface area contributed by atoms with Crippen molar-refractivity contribution in [3.8, 4) is 0 Å². The van der Waals surface area contributed by atoms with E-state index in [2.05, 4.69) is 35.5 Å². The van der Waals surface area contributed by atoms with Crippen molar-refractivity contribution in [3.05, 3.63) is 35.5 Å². The maximum Gasteiger partial charge on any atom is 0.194 e. The first-order valence-corrected chi connectivity index (χ1v) is 7.82. The minimum atomic E-state index is 0.730. The van der Waals surface area contributed by atoms with Crippen molar-refractivity contribution in [1.29, 1.82) is 0 Å². The highest BCUT2D eigenvalue weighted by atomic mass is 16.5. The van der Waals surface area contributed by atoms with E-state index in [9.17, 15) is 0 Å². The van der Waals surface area contributed by atoms with Gasteiger partial charge in [-0.05, 0) is 6.92 Å². The van der Waals surface area contributed by atoms with Crippen molar-refractivity contribution >= 4 is 5.96 Å². The Hall–Kier alpha value is -2.35. The Morgan fingerprint density at radius 1 is 1.39 bits per heavy atom. The van der Waals surface area contributed by atoms with Crippen molar-refractivity contribution in [2.24, 2.45) is 4.99 Å². The van der Waals surface area contributed by atoms with Gasteiger partial charge >= 0.3 is 0 Å². The molecule has 3 rings (SSSR count). The molecule has 0 atom stereocenters. The van der Waals surface area contributed by atoms with Crippen molar-refractivity contribution in [2.75, 3.05) is 33.2 Å². The molecule has 0 unspecified atom stereocenters. The van der Waals surface area contributed by atoms with Crippen LogP contribution in [0.4, 0.5) is 0 Å². The van der Waals surface area contributed by atoms with Crippen LogP contribution in [0.3, 0.4) is 0 Å². The van der Waals surface area contributed by atoms with E-state index in [0.717, 1.165) is 62.2 Å². The van der Waals surface area contributed by atoms with Gasteiger partial charge < -0.3 is 14.7 Å². The van der Waals surface area contributed by atoms with E-state index in [1.54, 1.807) is 6.26 Å². The number of aliphatic imine (C=N–C) groups is 1. The Balaban J connectivity index is 1.48. The van der Waals surface area contributed by atoms with Crippen LogP contribution < -0.4 is 5.32 Å².